The van der Waals surface area contributed by atoms with Crippen molar-refractivity contribution in [2.75, 3.05) is 32.0 Å². The SMILES string of the molecule is Nc1ncnn2c(C(=O)NCC3CN(C(=O)O)CCO3)ccc12. The second kappa shape index (κ2) is 6.08. The normalized spacial score (nSPS) is 18.1. The van der Waals surface area contributed by atoms with Crippen LogP contribution in [0.3, 0.4) is 0 Å². The maximum atomic E-state index is 12.3. The van der Waals surface area contributed by atoms with Crippen LogP contribution in [0.15, 0.2) is 18.5 Å². The van der Waals surface area contributed by atoms with Crippen LogP contribution in [0.4, 0.5) is 10.6 Å². The lowest BCUT2D eigenvalue weighted by Crippen LogP contribution is -2.49. The zero-order valence-corrected chi connectivity index (χ0v) is 12.2. The zero-order chi connectivity index (χ0) is 16.4. The minimum Gasteiger partial charge on any atom is -0.465 e. The summed E-state index contributed by atoms with van der Waals surface area (Å²) in [5.41, 5.74) is 6.58. The molecule has 2 aromatic heterocycles. The van der Waals surface area contributed by atoms with Gasteiger partial charge in [-0.15, -0.1) is 0 Å². The van der Waals surface area contributed by atoms with Crippen LogP contribution in [0.25, 0.3) is 5.52 Å². The van der Waals surface area contributed by atoms with Gasteiger partial charge in [0, 0.05) is 13.1 Å². The average Bonchev–Trinajstić information content (AvgIpc) is 2.98. The first kappa shape index (κ1) is 15.0. The fourth-order valence-corrected chi connectivity index (χ4v) is 2.44. The van der Waals surface area contributed by atoms with Crippen molar-refractivity contribution in [3.8, 4) is 0 Å². The van der Waals surface area contributed by atoms with Crippen LogP contribution in [0.5, 0.6) is 0 Å². The van der Waals surface area contributed by atoms with Crippen molar-refractivity contribution in [3.05, 3.63) is 24.2 Å². The number of nitrogens with zero attached hydrogens (tertiary/aromatic N) is 4. The molecule has 0 saturated carbocycles. The lowest BCUT2D eigenvalue weighted by atomic mass is 10.2. The van der Waals surface area contributed by atoms with Crippen LogP contribution >= 0.6 is 0 Å². The van der Waals surface area contributed by atoms with Crippen molar-refractivity contribution in [3.63, 3.8) is 0 Å². The van der Waals surface area contributed by atoms with E-state index in [0.717, 1.165) is 0 Å². The van der Waals surface area contributed by atoms with E-state index in [2.05, 4.69) is 15.4 Å². The van der Waals surface area contributed by atoms with Gasteiger partial charge in [-0.3, -0.25) is 4.79 Å². The van der Waals surface area contributed by atoms with Crippen LogP contribution in [-0.4, -0.2) is 69.0 Å². The van der Waals surface area contributed by atoms with Gasteiger partial charge in [0.15, 0.2) is 5.82 Å². The predicted octanol–water partition coefficient (Wildman–Crippen LogP) is -0.580. The molecule has 0 radical (unpaired) electrons. The van der Waals surface area contributed by atoms with E-state index < -0.39 is 6.09 Å². The first-order valence-corrected chi connectivity index (χ1v) is 7.02. The number of aromatic nitrogens is 3. The lowest BCUT2D eigenvalue weighted by Gasteiger charge is -2.30. The molecule has 122 valence electrons. The molecule has 1 aliphatic rings. The highest BCUT2D eigenvalue weighted by Crippen LogP contribution is 2.13. The molecule has 2 aromatic rings. The number of hydrogen-bond acceptors (Lipinski definition) is 6. The van der Waals surface area contributed by atoms with Crippen LogP contribution in [0.2, 0.25) is 0 Å². The van der Waals surface area contributed by atoms with Crippen molar-refractivity contribution in [2.45, 2.75) is 6.10 Å². The highest BCUT2D eigenvalue weighted by Gasteiger charge is 2.24. The Morgan fingerprint density at radius 2 is 2.30 bits per heavy atom. The van der Waals surface area contributed by atoms with E-state index in [-0.39, 0.29) is 30.9 Å². The summed E-state index contributed by atoms with van der Waals surface area (Å²) in [4.78, 5) is 28.3. The molecule has 0 aromatic carbocycles. The number of anilines is 1. The summed E-state index contributed by atoms with van der Waals surface area (Å²) >= 11 is 0. The molecule has 1 saturated heterocycles. The quantitative estimate of drug-likeness (QED) is 0.688. The molecular weight excluding hydrogens is 304 g/mol. The highest BCUT2D eigenvalue weighted by molar-refractivity contribution is 5.94. The topological polar surface area (TPSA) is 135 Å². The van der Waals surface area contributed by atoms with E-state index in [0.29, 0.717) is 24.4 Å². The summed E-state index contributed by atoms with van der Waals surface area (Å²) in [5, 5.41) is 15.7. The summed E-state index contributed by atoms with van der Waals surface area (Å²) in [5.74, 6) is -0.0640. The molecule has 3 heterocycles. The first-order chi connectivity index (χ1) is 11.1. The van der Waals surface area contributed by atoms with Gasteiger partial charge < -0.3 is 25.8 Å². The lowest BCUT2D eigenvalue weighted by molar-refractivity contribution is -0.0199. The van der Waals surface area contributed by atoms with Crippen molar-refractivity contribution < 1.29 is 19.4 Å². The second-order valence-electron chi connectivity index (χ2n) is 5.09. The highest BCUT2D eigenvalue weighted by atomic mass is 16.5. The van der Waals surface area contributed by atoms with Gasteiger partial charge in [0.05, 0.1) is 19.3 Å². The number of nitrogen functional groups attached to an aromatic ring is 1. The number of hydrogen-bond donors (Lipinski definition) is 3. The summed E-state index contributed by atoms with van der Waals surface area (Å²) < 4.78 is 6.87. The fourth-order valence-electron chi connectivity index (χ4n) is 2.44. The van der Waals surface area contributed by atoms with Gasteiger partial charge in [0.25, 0.3) is 5.91 Å². The summed E-state index contributed by atoms with van der Waals surface area (Å²) in [6.07, 6.45) is -0.0993. The van der Waals surface area contributed by atoms with E-state index in [1.165, 1.54) is 15.7 Å². The first-order valence-electron chi connectivity index (χ1n) is 7.02. The van der Waals surface area contributed by atoms with Gasteiger partial charge in [0.2, 0.25) is 0 Å². The molecule has 1 aliphatic heterocycles. The number of fused-ring (bicyclic) bond motifs is 1. The van der Waals surface area contributed by atoms with Gasteiger partial charge in [0.1, 0.15) is 17.5 Å². The fraction of sp³-hybridized carbons (Fsp3) is 0.385. The average molecular weight is 320 g/mol. The Balaban J connectivity index is 1.65. The van der Waals surface area contributed by atoms with Crippen LogP contribution < -0.4 is 11.1 Å². The maximum absolute atomic E-state index is 12.3. The monoisotopic (exact) mass is 320 g/mol. The smallest absolute Gasteiger partial charge is 0.407 e. The number of carbonyl (C=O) groups is 2. The van der Waals surface area contributed by atoms with Gasteiger partial charge in [-0.1, -0.05) is 0 Å². The molecular formula is C13H16N6O4. The number of carboxylic acid groups (broad SMARTS) is 1. The Morgan fingerprint density at radius 1 is 1.48 bits per heavy atom. The number of ether oxygens (including phenoxy) is 1. The van der Waals surface area contributed by atoms with E-state index in [1.807, 2.05) is 0 Å². The number of rotatable bonds is 3. The second-order valence-corrected chi connectivity index (χ2v) is 5.09. The predicted molar refractivity (Wildman–Crippen MR) is 79.1 cm³/mol. The zero-order valence-electron chi connectivity index (χ0n) is 12.2. The molecule has 10 heteroatoms. The molecule has 2 amide bonds. The molecule has 0 bridgehead atoms. The van der Waals surface area contributed by atoms with Crippen LogP contribution in [-0.2, 0) is 4.74 Å². The van der Waals surface area contributed by atoms with E-state index >= 15 is 0 Å². The molecule has 23 heavy (non-hydrogen) atoms. The van der Waals surface area contributed by atoms with E-state index in [4.69, 9.17) is 15.6 Å². The summed E-state index contributed by atoms with van der Waals surface area (Å²) in [6.45, 7) is 1.07. The molecule has 10 nitrogen and oxygen atoms in total. The number of carbonyl (C=O) groups excluding carboxylic acids is 1. The molecule has 0 spiro atoms. The van der Waals surface area contributed by atoms with Gasteiger partial charge in [-0.2, -0.15) is 5.10 Å². The van der Waals surface area contributed by atoms with Crippen molar-refractivity contribution in [1.29, 1.82) is 0 Å². The van der Waals surface area contributed by atoms with Gasteiger partial charge in [-0.05, 0) is 12.1 Å². The Hall–Kier alpha value is -2.88. The van der Waals surface area contributed by atoms with E-state index in [9.17, 15) is 9.59 Å². The Morgan fingerprint density at radius 3 is 3.09 bits per heavy atom. The molecule has 3 rings (SSSR count). The molecule has 1 unspecified atom stereocenters. The minimum atomic E-state index is -0.991. The van der Waals surface area contributed by atoms with Crippen LogP contribution in [0.1, 0.15) is 10.5 Å². The van der Waals surface area contributed by atoms with Gasteiger partial charge in [-0.25, -0.2) is 14.3 Å². The Bertz CT molecular complexity index is 745. The molecule has 4 N–H and O–H groups in total. The Labute approximate surface area is 130 Å². The molecule has 0 aliphatic carbocycles. The number of morpholine rings is 1. The maximum Gasteiger partial charge on any atom is 0.407 e. The number of nitrogens with one attached hydrogen (secondary N) is 1. The largest absolute Gasteiger partial charge is 0.465 e. The van der Waals surface area contributed by atoms with Gasteiger partial charge >= 0.3 is 6.09 Å². The summed E-state index contributed by atoms with van der Waals surface area (Å²) in [7, 11) is 0. The third-order valence-corrected chi connectivity index (χ3v) is 3.61. The summed E-state index contributed by atoms with van der Waals surface area (Å²) in [6, 6.07) is 3.26. The molecule has 1 atom stereocenters. The minimum absolute atomic E-state index is 0.205. The van der Waals surface area contributed by atoms with Crippen molar-refractivity contribution in [1.82, 2.24) is 24.8 Å². The third kappa shape index (κ3) is 3.01. The number of nitrogens with two attached hydrogens (primary N) is 1. The standard InChI is InChI=1S/C13H16N6O4/c14-11-9-1-2-10(19(9)17-7-16-11)12(20)15-5-8-6-18(13(21)22)3-4-23-8/h1-2,7-8H,3-6H2,(H,15,20)(H,21,22)(H2,14,16,17). The third-order valence-electron chi connectivity index (χ3n) is 3.61. The number of amides is 2. The van der Waals surface area contributed by atoms with Crippen molar-refractivity contribution >= 4 is 23.3 Å². The molecule has 1 fully saturated rings. The van der Waals surface area contributed by atoms with Crippen molar-refractivity contribution in [2.24, 2.45) is 0 Å². The van der Waals surface area contributed by atoms with E-state index in [1.54, 1.807) is 12.1 Å². The van der Waals surface area contributed by atoms with Crippen LogP contribution in [0, 0.1) is 0 Å². The Kier molecular flexibility index (Phi) is 3.98.